The summed E-state index contributed by atoms with van der Waals surface area (Å²) in [6.45, 7) is 0.804. The lowest BCUT2D eigenvalue weighted by molar-refractivity contribution is 0.0698. The lowest BCUT2D eigenvalue weighted by atomic mass is 10.1. The molecule has 0 saturated carbocycles. The zero-order chi connectivity index (χ0) is 25.3. The van der Waals surface area contributed by atoms with E-state index in [1.54, 1.807) is 41.3 Å². The van der Waals surface area contributed by atoms with E-state index in [0.717, 1.165) is 15.7 Å². The van der Waals surface area contributed by atoms with Crippen molar-refractivity contribution in [1.82, 2.24) is 14.1 Å². The molecule has 182 valence electrons. The Balaban J connectivity index is 1.42. The van der Waals surface area contributed by atoms with E-state index in [1.807, 2.05) is 0 Å². The zero-order valence-corrected chi connectivity index (χ0v) is 20.4. The third kappa shape index (κ3) is 5.00. The van der Waals surface area contributed by atoms with Crippen LogP contribution < -0.4 is 0 Å². The number of nitrogens with zero attached hydrogens (tertiary/aromatic N) is 3. The molecule has 0 aromatic heterocycles. The summed E-state index contributed by atoms with van der Waals surface area (Å²) in [5.74, 6) is -0.457. The van der Waals surface area contributed by atoms with Gasteiger partial charge in [0.1, 0.15) is 5.84 Å². The molecule has 1 saturated heterocycles. The van der Waals surface area contributed by atoms with Gasteiger partial charge in [-0.3, -0.25) is 15.1 Å². The van der Waals surface area contributed by atoms with E-state index in [0.29, 0.717) is 16.1 Å². The highest BCUT2D eigenvalue weighted by Crippen LogP contribution is 2.25. The number of carboxylic acid groups (broad SMARTS) is 1. The van der Waals surface area contributed by atoms with Gasteiger partial charge in [-0.05, 0) is 47.2 Å². The van der Waals surface area contributed by atoms with Crippen LogP contribution in [0.15, 0.2) is 65.6 Å². The molecule has 0 unspecified atom stereocenters. The fourth-order valence-electron chi connectivity index (χ4n) is 3.88. The van der Waals surface area contributed by atoms with Crippen LogP contribution in [0.3, 0.4) is 0 Å². The quantitative estimate of drug-likeness (QED) is 0.407. The van der Waals surface area contributed by atoms with Crippen molar-refractivity contribution in [3.8, 4) is 0 Å². The first kappa shape index (κ1) is 24.6. The number of halogens is 1. The highest BCUT2D eigenvalue weighted by atomic mass is 35.5. The number of rotatable bonds is 4. The molecule has 1 fully saturated rings. The third-order valence-electron chi connectivity index (χ3n) is 5.97. The molecule has 1 heterocycles. The Labute approximate surface area is 207 Å². The van der Waals surface area contributed by atoms with E-state index in [9.17, 15) is 18.0 Å². The molecule has 3 aromatic rings. The maximum absolute atomic E-state index is 13.2. The molecule has 2 N–H and O–H groups in total. The van der Waals surface area contributed by atoms with Crippen LogP contribution in [0.1, 0.15) is 15.9 Å². The Bertz CT molecular complexity index is 1420. The molecule has 0 radical (unpaired) electrons. The number of hydrogen-bond donors (Lipinski definition) is 2. The van der Waals surface area contributed by atoms with Gasteiger partial charge in [0, 0.05) is 49.4 Å². The number of carbonyl (C=O) groups is 2. The first-order chi connectivity index (χ1) is 16.6. The van der Waals surface area contributed by atoms with Gasteiger partial charge in [-0.2, -0.15) is 4.31 Å². The summed E-state index contributed by atoms with van der Waals surface area (Å²) in [5.41, 5.74) is 0.740. The monoisotopic (exact) mass is 514 g/mol. The van der Waals surface area contributed by atoms with Gasteiger partial charge in [0.2, 0.25) is 10.0 Å². The smallest absolute Gasteiger partial charge is 0.412 e. The van der Waals surface area contributed by atoms with E-state index >= 15 is 0 Å². The first-order valence-electron chi connectivity index (χ1n) is 10.7. The summed E-state index contributed by atoms with van der Waals surface area (Å²) < 4.78 is 27.7. The van der Waals surface area contributed by atoms with Gasteiger partial charge in [0.25, 0.3) is 5.91 Å². The molecular formula is C24H23ClN4O5S. The van der Waals surface area contributed by atoms with Crippen molar-refractivity contribution < 1.29 is 23.1 Å². The van der Waals surface area contributed by atoms with Crippen LogP contribution in [-0.4, -0.2) is 78.7 Å². The largest absolute Gasteiger partial charge is 0.465 e. The van der Waals surface area contributed by atoms with Crippen LogP contribution in [0.5, 0.6) is 0 Å². The average Bonchev–Trinajstić information content (AvgIpc) is 2.87. The van der Waals surface area contributed by atoms with Crippen molar-refractivity contribution in [3.63, 3.8) is 0 Å². The lowest BCUT2D eigenvalue weighted by Crippen LogP contribution is -2.50. The molecule has 0 bridgehead atoms. The lowest BCUT2D eigenvalue weighted by Gasteiger charge is -2.34. The standard InChI is InChI=1S/C24H23ClN4O5S/c1-27(24(31)32)22(26)16-2-4-17(5-3-16)23(30)28-10-12-29(13-11-28)35(33,34)21-9-7-18-14-20(25)8-6-19(18)15-21/h2-9,14-15,26H,10-13H2,1H3,(H,31,32). The van der Waals surface area contributed by atoms with Crippen molar-refractivity contribution in [3.05, 3.63) is 76.8 Å². The van der Waals surface area contributed by atoms with E-state index in [2.05, 4.69) is 0 Å². The number of sulfonamides is 1. The number of carbonyl (C=O) groups excluding carboxylic acids is 1. The molecule has 1 aliphatic heterocycles. The van der Waals surface area contributed by atoms with Gasteiger partial charge in [0.15, 0.2) is 0 Å². The maximum atomic E-state index is 13.2. The minimum Gasteiger partial charge on any atom is -0.465 e. The number of piperazine rings is 1. The highest BCUT2D eigenvalue weighted by Gasteiger charge is 2.30. The Hall–Kier alpha value is -3.47. The average molecular weight is 515 g/mol. The molecule has 35 heavy (non-hydrogen) atoms. The molecule has 1 aliphatic rings. The van der Waals surface area contributed by atoms with E-state index in [1.165, 1.54) is 35.6 Å². The fraction of sp³-hybridized carbons (Fsp3) is 0.208. The number of benzene rings is 3. The minimum atomic E-state index is -3.72. The molecule has 11 heteroatoms. The second-order valence-corrected chi connectivity index (χ2v) is 10.5. The molecular weight excluding hydrogens is 492 g/mol. The van der Waals surface area contributed by atoms with Crippen LogP contribution in [0.25, 0.3) is 10.8 Å². The molecule has 2 amide bonds. The Kier molecular flexibility index (Phi) is 6.79. The summed E-state index contributed by atoms with van der Waals surface area (Å²) in [6, 6.07) is 16.3. The van der Waals surface area contributed by atoms with Gasteiger partial charge < -0.3 is 10.0 Å². The van der Waals surface area contributed by atoms with Gasteiger partial charge in [0.05, 0.1) is 4.90 Å². The fourth-order valence-corrected chi connectivity index (χ4v) is 5.52. The number of amides is 2. The molecule has 4 rings (SSSR count). The zero-order valence-electron chi connectivity index (χ0n) is 18.8. The van der Waals surface area contributed by atoms with E-state index < -0.39 is 16.1 Å². The van der Waals surface area contributed by atoms with Crippen molar-refractivity contribution in [2.75, 3.05) is 33.2 Å². The number of amidine groups is 1. The topological polar surface area (TPSA) is 122 Å². The second-order valence-electron chi connectivity index (χ2n) is 8.12. The molecule has 0 spiro atoms. The highest BCUT2D eigenvalue weighted by molar-refractivity contribution is 7.89. The van der Waals surface area contributed by atoms with Crippen LogP contribution >= 0.6 is 11.6 Å². The van der Waals surface area contributed by atoms with Crippen molar-refractivity contribution in [2.45, 2.75) is 4.90 Å². The van der Waals surface area contributed by atoms with Crippen LogP contribution in [0, 0.1) is 5.41 Å². The molecule has 9 nitrogen and oxygen atoms in total. The molecule has 0 atom stereocenters. The van der Waals surface area contributed by atoms with Gasteiger partial charge >= 0.3 is 6.09 Å². The van der Waals surface area contributed by atoms with Crippen LogP contribution in [0.4, 0.5) is 4.79 Å². The van der Waals surface area contributed by atoms with Gasteiger partial charge in [-0.25, -0.2) is 13.2 Å². The summed E-state index contributed by atoms with van der Waals surface area (Å²) in [4.78, 5) is 26.5. The Morgan fingerprint density at radius 3 is 2.11 bits per heavy atom. The Morgan fingerprint density at radius 2 is 1.49 bits per heavy atom. The summed E-state index contributed by atoms with van der Waals surface area (Å²) in [6.07, 6.45) is -1.25. The summed E-state index contributed by atoms with van der Waals surface area (Å²) in [7, 11) is -2.45. The van der Waals surface area contributed by atoms with E-state index in [4.69, 9.17) is 22.1 Å². The third-order valence-corrected chi connectivity index (χ3v) is 8.09. The summed E-state index contributed by atoms with van der Waals surface area (Å²) in [5, 5.41) is 19.1. The maximum Gasteiger partial charge on any atom is 0.412 e. The van der Waals surface area contributed by atoms with Crippen LogP contribution in [-0.2, 0) is 10.0 Å². The first-order valence-corrected chi connectivity index (χ1v) is 12.5. The van der Waals surface area contributed by atoms with E-state index in [-0.39, 0.29) is 42.8 Å². The summed E-state index contributed by atoms with van der Waals surface area (Å²) >= 11 is 6.01. The van der Waals surface area contributed by atoms with Crippen LogP contribution in [0.2, 0.25) is 5.02 Å². The number of nitrogens with one attached hydrogen (secondary N) is 1. The van der Waals surface area contributed by atoms with Crippen molar-refractivity contribution in [1.29, 1.82) is 5.41 Å². The SMILES string of the molecule is CN(C(=N)c1ccc(C(=O)N2CCN(S(=O)(=O)c3ccc4cc(Cl)ccc4c3)CC2)cc1)C(=O)O. The minimum absolute atomic E-state index is 0.166. The number of hydrogen-bond acceptors (Lipinski definition) is 5. The predicted molar refractivity (Wildman–Crippen MR) is 133 cm³/mol. The van der Waals surface area contributed by atoms with Crippen molar-refractivity contribution >= 4 is 50.2 Å². The van der Waals surface area contributed by atoms with Gasteiger partial charge in [-0.1, -0.05) is 35.9 Å². The molecule has 0 aliphatic carbocycles. The van der Waals surface area contributed by atoms with Gasteiger partial charge in [-0.15, -0.1) is 0 Å². The number of fused-ring (bicyclic) bond motifs is 1. The second kappa shape index (κ2) is 9.65. The predicted octanol–water partition coefficient (Wildman–Crippen LogP) is 3.58. The molecule has 3 aromatic carbocycles. The Morgan fingerprint density at radius 1 is 0.914 bits per heavy atom. The normalized spacial score (nSPS) is 14.6. The van der Waals surface area contributed by atoms with Crippen molar-refractivity contribution in [2.24, 2.45) is 0 Å².